The van der Waals surface area contributed by atoms with Crippen LogP contribution in [0.4, 0.5) is 15.8 Å². The molecule has 0 aliphatic carbocycles. The summed E-state index contributed by atoms with van der Waals surface area (Å²) in [7, 11) is -2.50. The highest BCUT2D eigenvalue weighted by molar-refractivity contribution is 7.92. The smallest absolute Gasteiger partial charge is 0.265 e. The van der Waals surface area contributed by atoms with Gasteiger partial charge in [0.1, 0.15) is 16.5 Å². The molecular weight excluding hydrogens is 355 g/mol. The van der Waals surface area contributed by atoms with Gasteiger partial charge in [-0.15, -0.1) is 0 Å². The molecule has 0 spiro atoms. The summed E-state index contributed by atoms with van der Waals surface area (Å²) in [6.45, 7) is 3.46. The summed E-state index contributed by atoms with van der Waals surface area (Å²) in [5.74, 6) is -0.237. The molecule has 0 atom stereocenters. The number of hydrogen-bond acceptors (Lipinski definition) is 4. The maximum absolute atomic E-state index is 13.8. The second kappa shape index (κ2) is 7.53. The summed E-state index contributed by atoms with van der Waals surface area (Å²) in [5, 5.41) is 0. The molecule has 0 unspecified atom stereocenters. The minimum absolute atomic E-state index is 0.0360. The highest BCUT2D eigenvalue weighted by Gasteiger charge is 2.23. The van der Waals surface area contributed by atoms with Gasteiger partial charge in [0.05, 0.1) is 18.5 Å². The number of rotatable bonds is 5. The Morgan fingerprint density at radius 3 is 2.50 bits per heavy atom. The second-order valence-electron chi connectivity index (χ2n) is 6.47. The van der Waals surface area contributed by atoms with Crippen LogP contribution in [0.25, 0.3) is 0 Å². The Labute approximate surface area is 153 Å². The van der Waals surface area contributed by atoms with E-state index in [4.69, 9.17) is 4.74 Å². The van der Waals surface area contributed by atoms with Crippen molar-refractivity contribution < 1.29 is 17.5 Å². The number of piperidine rings is 1. The predicted octanol–water partition coefficient (Wildman–Crippen LogP) is 3.93. The van der Waals surface area contributed by atoms with Gasteiger partial charge in [0.2, 0.25) is 0 Å². The maximum Gasteiger partial charge on any atom is 0.265 e. The Morgan fingerprint density at radius 1 is 1.08 bits per heavy atom. The highest BCUT2D eigenvalue weighted by atomic mass is 32.2. The molecule has 2 aromatic rings. The number of nitrogens with one attached hydrogen (secondary N) is 1. The van der Waals surface area contributed by atoms with Crippen LogP contribution in [0.3, 0.4) is 0 Å². The van der Waals surface area contributed by atoms with Crippen molar-refractivity contribution in [3.05, 3.63) is 47.8 Å². The zero-order valence-corrected chi connectivity index (χ0v) is 15.8. The van der Waals surface area contributed by atoms with Crippen molar-refractivity contribution in [3.63, 3.8) is 0 Å². The normalized spacial score (nSPS) is 15.0. The van der Waals surface area contributed by atoms with E-state index in [1.807, 2.05) is 0 Å². The van der Waals surface area contributed by atoms with Crippen molar-refractivity contribution in [2.75, 3.05) is 29.8 Å². The van der Waals surface area contributed by atoms with E-state index in [1.165, 1.54) is 19.2 Å². The van der Waals surface area contributed by atoms with Crippen LogP contribution < -0.4 is 14.4 Å². The molecular formula is C19H23FN2O3S. The van der Waals surface area contributed by atoms with Gasteiger partial charge in [-0.3, -0.25) is 4.72 Å². The fourth-order valence-corrected chi connectivity index (χ4v) is 4.51. The summed E-state index contributed by atoms with van der Waals surface area (Å²) in [6, 6.07) is 9.14. The van der Waals surface area contributed by atoms with Crippen LogP contribution in [0.2, 0.25) is 0 Å². The van der Waals surface area contributed by atoms with E-state index >= 15 is 0 Å². The standard InChI is InChI=1S/C19H23FN2O3S/c1-14-6-9-18(25-2)19(12-14)26(23,24)21-16-13-15(20)7-8-17(16)22-10-4-3-5-11-22/h6-9,12-13,21H,3-5,10-11H2,1-2H3. The van der Waals surface area contributed by atoms with Crippen molar-refractivity contribution in [1.29, 1.82) is 0 Å². The summed E-state index contributed by atoms with van der Waals surface area (Å²) in [4.78, 5) is 2.13. The molecule has 0 amide bonds. The van der Waals surface area contributed by atoms with Crippen molar-refractivity contribution in [2.24, 2.45) is 0 Å². The van der Waals surface area contributed by atoms with Crippen LogP contribution in [0.1, 0.15) is 24.8 Å². The molecule has 1 N–H and O–H groups in total. The molecule has 7 heteroatoms. The minimum Gasteiger partial charge on any atom is -0.495 e. The average Bonchev–Trinajstić information content (AvgIpc) is 2.62. The first kappa shape index (κ1) is 18.5. The Bertz CT molecular complexity index is 894. The lowest BCUT2D eigenvalue weighted by atomic mass is 10.1. The Morgan fingerprint density at radius 2 is 1.81 bits per heavy atom. The molecule has 0 bridgehead atoms. The molecule has 26 heavy (non-hydrogen) atoms. The van der Waals surface area contributed by atoms with Crippen LogP contribution in [-0.2, 0) is 10.0 Å². The molecule has 5 nitrogen and oxygen atoms in total. The number of sulfonamides is 1. The van der Waals surface area contributed by atoms with E-state index in [0.717, 1.165) is 37.9 Å². The van der Waals surface area contributed by atoms with E-state index < -0.39 is 15.8 Å². The summed E-state index contributed by atoms with van der Waals surface area (Å²) in [5.41, 5.74) is 1.73. The monoisotopic (exact) mass is 378 g/mol. The lowest BCUT2D eigenvalue weighted by molar-refractivity contribution is 0.402. The third-order valence-corrected chi connectivity index (χ3v) is 5.90. The molecule has 2 aromatic carbocycles. The largest absolute Gasteiger partial charge is 0.495 e. The zero-order chi connectivity index (χ0) is 18.7. The molecule has 1 aliphatic rings. The Hall–Kier alpha value is -2.28. The number of anilines is 2. The molecule has 3 rings (SSSR count). The first-order valence-corrected chi connectivity index (χ1v) is 10.1. The van der Waals surface area contributed by atoms with E-state index in [9.17, 15) is 12.8 Å². The number of nitrogens with zero attached hydrogens (tertiary/aromatic N) is 1. The van der Waals surface area contributed by atoms with Crippen LogP contribution in [0.5, 0.6) is 5.75 Å². The van der Waals surface area contributed by atoms with Crippen LogP contribution in [-0.4, -0.2) is 28.6 Å². The van der Waals surface area contributed by atoms with Gasteiger partial charge < -0.3 is 9.64 Å². The maximum atomic E-state index is 13.8. The van der Waals surface area contributed by atoms with E-state index in [-0.39, 0.29) is 16.3 Å². The van der Waals surface area contributed by atoms with Crippen LogP contribution in [0.15, 0.2) is 41.3 Å². The average molecular weight is 378 g/mol. The third-order valence-electron chi connectivity index (χ3n) is 4.51. The summed E-state index contributed by atoms with van der Waals surface area (Å²) in [6.07, 6.45) is 3.23. The van der Waals surface area contributed by atoms with Gasteiger partial charge in [-0.25, -0.2) is 12.8 Å². The fourth-order valence-electron chi connectivity index (χ4n) is 3.19. The number of aryl methyl sites for hydroxylation is 1. The molecule has 140 valence electrons. The minimum atomic E-state index is -3.92. The molecule has 1 saturated heterocycles. The lowest BCUT2D eigenvalue weighted by Gasteiger charge is -2.30. The Balaban J connectivity index is 2.00. The first-order valence-electron chi connectivity index (χ1n) is 8.63. The number of benzene rings is 2. The first-order chi connectivity index (χ1) is 12.4. The van der Waals surface area contributed by atoms with Crippen LogP contribution in [0, 0.1) is 12.7 Å². The molecule has 0 saturated carbocycles. The number of halogens is 1. The van der Waals surface area contributed by atoms with E-state index in [1.54, 1.807) is 31.2 Å². The summed E-state index contributed by atoms with van der Waals surface area (Å²) >= 11 is 0. The van der Waals surface area contributed by atoms with E-state index in [0.29, 0.717) is 5.69 Å². The van der Waals surface area contributed by atoms with Gasteiger partial charge in [0.25, 0.3) is 10.0 Å². The summed E-state index contributed by atoms with van der Waals surface area (Å²) < 4.78 is 47.5. The number of hydrogen-bond donors (Lipinski definition) is 1. The molecule has 0 aromatic heterocycles. The Kier molecular flexibility index (Phi) is 5.36. The van der Waals surface area contributed by atoms with Crippen molar-refractivity contribution in [2.45, 2.75) is 31.1 Å². The molecule has 1 heterocycles. The number of ether oxygens (including phenoxy) is 1. The van der Waals surface area contributed by atoms with Gasteiger partial charge in [0.15, 0.2) is 0 Å². The third kappa shape index (κ3) is 3.93. The highest BCUT2D eigenvalue weighted by Crippen LogP contribution is 2.33. The van der Waals surface area contributed by atoms with Gasteiger partial charge in [-0.2, -0.15) is 0 Å². The van der Waals surface area contributed by atoms with Gasteiger partial charge in [-0.05, 0) is 56.0 Å². The van der Waals surface area contributed by atoms with Crippen LogP contribution >= 0.6 is 0 Å². The predicted molar refractivity (Wildman–Crippen MR) is 101 cm³/mol. The topological polar surface area (TPSA) is 58.6 Å². The fraction of sp³-hybridized carbons (Fsp3) is 0.368. The molecule has 1 fully saturated rings. The molecule has 1 aliphatic heterocycles. The van der Waals surface area contributed by atoms with E-state index in [2.05, 4.69) is 9.62 Å². The molecule has 0 radical (unpaired) electrons. The van der Waals surface area contributed by atoms with Gasteiger partial charge in [-0.1, -0.05) is 6.07 Å². The quantitative estimate of drug-likeness (QED) is 0.856. The van der Waals surface area contributed by atoms with Crippen molar-refractivity contribution in [1.82, 2.24) is 0 Å². The van der Waals surface area contributed by atoms with Gasteiger partial charge >= 0.3 is 0 Å². The van der Waals surface area contributed by atoms with Gasteiger partial charge in [0, 0.05) is 19.2 Å². The SMILES string of the molecule is COc1ccc(C)cc1S(=O)(=O)Nc1cc(F)ccc1N1CCCCC1. The zero-order valence-electron chi connectivity index (χ0n) is 15.0. The number of methoxy groups -OCH3 is 1. The lowest BCUT2D eigenvalue weighted by Crippen LogP contribution is -2.30. The van der Waals surface area contributed by atoms with Crippen molar-refractivity contribution >= 4 is 21.4 Å². The second-order valence-corrected chi connectivity index (χ2v) is 8.12. The van der Waals surface area contributed by atoms with Crippen molar-refractivity contribution in [3.8, 4) is 5.75 Å².